The molecule has 2 aliphatic heterocycles. The van der Waals surface area contributed by atoms with Crippen LogP contribution < -0.4 is 20.1 Å². The van der Waals surface area contributed by atoms with Crippen molar-refractivity contribution in [2.45, 2.75) is 38.6 Å². The van der Waals surface area contributed by atoms with Crippen molar-refractivity contribution >= 4 is 5.96 Å². The molecule has 0 aromatic heterocycles. The van der Waals surface area contributed by atoms with Crippen molar-refractivity contribution in [2.75, 3.05) is 33.1 Å². The van der Waals surface area contributed by atoms with Gasteiger partial charge in [0, 0.05) is 31.7 Å². The van der Waals surface area contributed by atoms with Gasteiger partial charge in [-0.3, -0.25) is 0 Å². The van der Waals surface area contributed by atoms with Crippen LogP contribution in [-0.2, 0) is 16.7 Å². The van der Waals surface area contributed by atoms with Gasteiger partial charge in [-0.2, -0.15) is 0 Å². The lowest BCUT2D eigenvalue weighted by molar-refractivity contribution is 0.0513. The summed E-state index contributed by atoms with van der Waals surface area (Å²) in [5.74, 6) is 2.49. The molecule has 0 amide bonds. The molecule has 160 valence electrons. The van der Waals surface area contributed by atoms with Crippen LogP contribution in [0.3, 0.4) is 0 Å². The second kappa shape index (κ2) is 9.39. The maximum Gasteiger partial charge on any atom is 0.231 e. The van der Waals surface area contributed by atoms with Crippen LogP contribution >= 0.6 is 0 Å². The molecule has 4 rings (SSSR count). The molecule has 1 fully saturated rings. The number of rotatable bonds is 6. The Balaban J connectivity index is 1.52. The fraction of sp³-hybridized carbons (Fsp3) is 0.458. The van der Waals surface area contributed by atoms with Gasteiger partial charge in [0.05, 0.1) is 6.54 Å². The largest absolute Gasteiger partial charge is 0.454 e. The number of nitrogens with one attached hydrogen (secondary N) is 2. The minimum Gasteiger partial charge on any atom is -0.454 e. The van der Waals surface area contributed by atoms with Crippen molar-refractivity contribution in [3.8, 4) is 11.5 Å². The Hall–Kier alpha value is -2.73. The molecule has 0 unspecified atom stereocenters. The number of fused-ring (bicyclic) bond motifs is 1. The van der Waals surface area contributed by atoms with Gasteiger partial charge in [-0.1, -0.05) is 30.3 Å². The van der Waals surface area contributed by atoms with E-state index >= 15 is 0 Å². The first kappa shape index (κ1) is 20.5. The molecule has 2 heterocycles. The quantitative estimate of drug-likeness (QED) is 0.565. The number of benzene rings is 2. The zero-order chi connectivity index (χ0) is 20.8. The maximum atomic E-state index is 5.68. The molecule has 1 saturated heterocycles. The molecule has 2 aromatic rings. The molecule has 0 atom stereocenters. The van der Waals surface area contributed by atoms with E-state index in [9.17, 15) is 0 Å². The van der Waals surface area contributed by atoms with Gasteiger partial charge in [0.2, 0.25) is 6.79 Å². The number of hydrogen-bond donors (Lipinski definition) is 2. The first-order valence-electron chi connectivity index (χ1n) is 10.7. The van der Waals surface area contributed by atoms with Crippen molar-refractivity contribution in [1.29, 1.82) is 0 Å². The average Bonchev–Trinajstić information content (AvgIpc) is 3.25. The van der Waals surface area contributed by atoms with Gasteiger partial charge < -0.3 is 24.8 Å². The number of aryl methyl sites for hydroxylation is 1. The van der Waals surface area contributed by atoms with Gasteiger partial charge in [-0.25, -0.2) is 4.99 Å². The number of guanidine groups is 1. The zero-order valence-electron chi connectivity index (χ0n) is 17.9. The van der Waals surface area contributed by atoms with Gasteiger partial charge in [-0.15, -0.1) is 0 Å². The summed E-state index contributed by atoms with van der Waals surface area (Å²) in [5, 5.41) is 6.98. The summed E-state index contributed by atoms with van der Waals surface area (Å²) in [7, 11) is 0. The fourth-order valence-electron chi connectivity index (χ4n) is 4.10. The predicted octanol–water partition coefficient (Wildman–Crippen LogP) is 3.53. The summed E-state index contributed by atoms with van der Waals surface area (Å²) >= 11 is 0. The van der Waals surface area contributed by atoms with E-state index in [0.717, 1.165) is 56.6 Å². The van der Waals surface area contributed by atoms with Gasteiger partial charge in [0.25, 0.3) is 0 Å². The maximum absolute atomic E-state index is 5.68. The van der Waals surface area contributed by atoms with Crippen molar-refractivity contribution in [2.24, 2.45) is 4.99 Å². The summed E-state index contributed by atoms with van der Waals surface area (Å²) in [6.07, 6.45) is 1.91. The highest BCUT2D eigenvalue weighted by molar-refractivity contribution is 5.80. The highest BCUT2D eigenvalue weighted by Crippen LogP contribution is 2.40. The molecule has 0 saturated carbocycles. The second-order valence-electron chi connectivity index (χ2n) is 7.94. The van der Waals surface area contributed by atoms with E-state index in [1.165, 1.54) is 16.7 Å². The van der Waals surface area contributed by atoms with Crippen LogP contribution in [0.2, 0.25) is 0 Å². The normalized spacial score (nSPS) is 17.6. The lowest BCUT2D eigenvalue weighted by atomic mass is 9.74. The molecule has 0 radical (unpaired) electrons. The van der Waals surface area contributed by atoms with E-state index in [2.05, 4.69) is 60.9 Å². The third-order valence-corrected chi connectivity index (χ3v) is 6.04. The Morgan fingerprint density at radius 3 is 2.63 bits per heavy atom. The highest BCUT2D eigenvalue weighted by Gasteiger charge is 2.35. The Morgan fingerprint density at radius 1 is 1.03 bits per heavy atom. The third kappa shape index (κ3) is 4.54. The summed E-state index contributed by atoms with van der Waals surface area (Å²) in [4.78, 5) is 4.83. The summed E-state index contributed by atoms with van der Waals surface area (Å²) in [6, 6.07) is 14.7. The molecule has 0 aliphatic carbocycles. The van der Waals surface area contributed by atoms with Crippen LogP contribution in [-0.4, -0.2) is 39.1 Å². The molecule has 0 spiro atoms. The monoisotopic (exact) mass is 409 g/mol. The first-order valence-corrected chi connectivity index (χ1v) is 10.7. The van der Waals surface area contributed by atoms with E-state index in [1.807, 2.05) is 6.07 Å². The zero-order valence-corrected chi connectivity index (χ0v) is 17.9. The molecule has 0 bridgehead atoms. The van der Waals surface area contributed by atoms with E-state index in [-0.39, 0.29) is 5.41 Å². The van der Waals surface area contributed by atoms with E-state index in [0.29, 0.717) is 13.3 Å². The minimum atomic E-state index is -0.0297. The lowest BCUT2D eigenvalue weighted by Crippen LogP contribution is -2.48. The number of nitrogens with zero attached hydrogens (tertiary/aromatic N) is 1. The van der Waals surface area contributed by atoms with Crippen molar-refractivity contribution in [3.05, 3.63) is 59.2 Å². The number of aliphatic imine (C=N–C) groups is 1. The molecular weight excluding hydrogens is 378 g/mol. The Labute approximate surface area is 178 Å². The first-order chi connectivity index (χ1) is 14.7. The summed E-state index contributed by atoms with van der Waals surface area (Å²) < 4.78 is 16.8. The minimum absolute atomic E-state index is 0.0297. The van der Waals surface area contributed by atoms with E-state index in [1.54, 1.807) is 0 Å². The smallest absolute Gasteiger partial charge is 0.231 e. The van der Waals surface area contributed by atoms with Crippen LogP contribution in [0, 0.1) is 6.92 Å². The molecular formula is C24H31N3O3. The molecule has 30 heavy (non-hydrogen) atoms. The molecule has 6 nitrogen and oxygen atoms in total. The third-order valence-electron chi connectivity index (χ3n) is 6.04. The predicted molar refractivity (Wildman–Crippen MR) is 118 cm³/mol. The van der Waals surface area contributed by atoms with Gasteiger partial charge in [0.1, 0.15) is 0 Å². The lowest BCUT2D eigenvalue weighted by Gasteiger charge is -2.38. The topological polar surface area (TPSA) is 64.1 Å². The molecule has 2 aliphatic rings. The van der Waals surface area contributed by atoms with Crippen LogP contribution in [0.5, 0.6) is 11.5 Å². The Bertz CT molecular complexity index is 891. The van der Waals surface area contributed by atoms with Crippen LogP contribution in [0.4, 0.5) is 0 Å². The Kier molecular flexibility index (Phi) is 6.43. The van der Waals surface area contributed by atoms with Gasteiger partial charge in [0.15, 0.2) is 17.5 Å². The van der Waals surface area contributed by atoms with Crippen LogP contribution in [0.1, 0.15) is 36.5 Å². The van der Waals surface area contributed by atoms with Crippen molar-refractivity contribution in [3.63, 3.8) is 0 Å². The van der Waals surface area contributed by atoms with Crippen LogP contribution in [0.25, 0.3) is 0 Å². The number of hydrogen-bond acceptors (Lipinski definition) is 4. The fourth-order valence-corrected chi connectivity index (χ4v) is 4.10. The second-order valence-corrected chi connectivity index (χ2v) is 7.94. The average molecular weight is 410 g/mol. The van der Waals surface area contributed by atoms with Crippen molar-refractivity contribution < 1.29 is 14.2 Å². The van der Waals surface area contributed by atoms with Crippen LogP contribution in [0.15, 0.2) is 47.5 Å². The summed E-state index contributed by atoms with van der Waals surface area (Å²) in [6.45, 7) is 8.29. The van der Waals surface area contributed by atoms with Gasteiger partial charge in [-0.05, 0) is 55.5 Å². The van der Waals surface area contributed by atoms with E-state index in [4.69, 9.17) is 19.2 Å². The standard InChI is InChI=1S/C24H31N3O3/c1-3-25-23(26-15-19-7-5-4-6-18(19)2)27-16-24(10-12-28-13-11-24)20-8-9-21-22(14-20)30-17-29-21/h4-9,14H,3,10-13,15-17H2,1-2H3,(H2,25,26,27). The Morgan fingerprint density at radius 2 is 1.83 bits per heavy atom. The SMILES string of the molecule is CCNC(=NCc1ccccc1C)NCC1(c2ccc3c(c2)OCO3)CCOCC1. The number of ether oxygens (including phenoxy) is 3. The molecule has 2 N–H and O–H groups in total. The van der Waals surface area contributed by atoms with E-state index < -0.39 is 0 Å². The molecule has 6 heteroatoms. The summed E-state index contributed by atoms with van der Waals surface area (Å²) in [5.41, 5.74) is 3.74. The van der Waals surface area contributed by atoms with Crippen molar-refractivity contribution in [1.82, 2.24) is 10.6 Å². The highest BCUT2D eigenvalue weighted by atomic mass is 16.7. The van der Waals surface area contributed by atoms with Gasteiger partial charge >= 0.3 is 0 Å². The molecule has 2 aromatic carbocycles.